The molecule has 0 aromatic carbocycles. The lowest BCUT2D eigenvalue weighted by Crippen LogP contribution is -2.36. The minimum Gasteiger partial charge on any atom is -0.351 e. The summed E-state index contributed by atoms with van der Waals surface area (Å²) in [6.07, 6.45) is 4.66. The molecule has 0 spiro atoms. The maximum Gasteiger partial charge on any atom is 0.252 e. The molecular formula is C17H25N3O4S2. The summed E-state index contributed by atoms with van der Waals surface area (Å²) in [6.45, 7) is 0.778. The van der Waals surface area contributed by atoms with Crippen LogP contribution in [0.25, 0.3) is 0 Å². The fraction of sp³-hybridized carbons (Fsp3) is 0.647. The van der Waals surface area contributed by atoms with Gasteiger partial charge >= 0.3 is 0 Å². The van der Waals surface area contributed by atoms with Gasteiger partial charge in [0.05, 0.1) is 12.5 Å². The maximum absolute atomic E-state index is 12.4. The summed E-state index contributed by atoms with van der Waals surface area (Å²) >= 11 is 1.15. The zero-order valence-corrected chi connectivity index (χ0v) is 16.7. The topological polar surface area (TPSA) is 86.8 Å². The van der Waals surface area contributed by atoms with Gasteiger partial charge in [0.1, 0.15) is 4.21 Å². The molecule has 1 aromatic heterocycles. The summed E-state index contributed by atoms with van der Waals surface area (Å²) in [6, 6.07) is 3.57. The number of sulfonamides is 1. The number of likely N-dealkylation sites (tertiary alicyclic amines) is 1. The van der Waals surface area contributed by atoms with E-state index >= 15 is 0 Å². The molecule has 144 valence electrons. The first-order valence-electron chi connectivity index (χ1n) is 8.87. The van der Waals surface area contributed by atoms with Gasteiger partial charge in [-0.15, -0.1) is 11.3 Å². The van der Waals surface area contributed by atoms with Crippen LogP contribution < -0.4 is 5.32 Å². The summed E-state index contributed by atoms with van der Waals surface area (Å²) < 4.78 is 25.6. The third kappa shape index (κ3) is 3.94. The van der Waals surface area contributed by atoms with Gasteiger partial charge in [0, 0.05) is 38.0 Å². The van der Waals surface area contributed by atoms with Crippen molar-refractivity contribution < 1.29 is 18.0 Å². The summed E-state index contributed by atoms with van der Waals surface area (Å²) in [5.74, 6) is -0.371. The van der Waals surface area contributed by atoms with E-state index in [4.69, 9.17) is 0 Å². The Morgan fingerprint density at radius 3 is 2.65 bits per heavy atom. The maximum atomic E-state index is 12.4. The Bertz CT molecular complexity index is 782. The Kier molecular flexibility index (Phi) is 5.69. The molecule has 9 heteroatoms. The first-order valence-corrected chi connectivity index (χ1v) is 11.1. The molecule has 1 aromatic rings. The van der Waals surface area contributed by atoms with Crippen molar-refractivity contribution in [3.8, 4) is 0 Å². The van der Waals surface area contributed by atoms with Crippen LogP contribution in [0.2, 0.25) is 0 Å². The predicted octanol–water partition coefficient (Wildman–Crippen LogP) is 1.41. The van der Waals surface area contributed by atoms with Crippen molar-refractivity contribution >= 4 is 33.2 Å². The highest BCUT2D eigenvalue weighted by molar-refractivity contribution is 7.91. The molecule has 2 amide bonds. The van der Waals surface area contributed by atoms with Gasteiger partial charge in [-0.1, -0.05) is 12.8 Å². The average molecular weight is 400 g/mol. The monoisotopic (exact) mass is 399 g/mol. The van der Waals surface area contributed by atoms with Crippen molar-refractivity contribution in [2.45, 2.75) is 48.9 Å². The van der Waals surface area contributed by atoms with E-state index in [1.165, 1.54) is 18.4 Å². The lowest BCUT2D eigenvalue weighted by Gasteiger charge is -2.23. The number of hydrogen-bond acceptors (Lipinski definition) is 5. The first-order chi connectivity index (χ1) is 12.3. The van der Waals surface area contributed by atoms with Gasteiger partial charge in [0.15, 0.2) is 0 Å². The summed E-state index contributed by atoms with van der Waals surface area (Å²) in [7, 11) is -0.467. The van der Waals surface area contributed by atoms with Gasteiger partial charge < -0.3 is 10.2 Å². The van der Waals surface area contributed by atoms with Gasteiger partial charge in [-0.2, -0.15) is 0 Å². The highest BCUT2D eigenvalue weighted by Crippen LogP contribution is 2.29. The number of carbonyl (C=O) groups excluding carboxylic acids is 2. The summed E-state index contributed by atoms with van der Waals surface area (Å²) in [5.41, 5.74) is 0. The highest BCUT2D eigenvalue weighted by Gasteiger charge is 2.38. The molecule has 2 heterocycles. The molecule has 1 saturated carbocycles. The van der Waals surface area contributed by atoms with E-state index in [9.17, 15) is 18.0 Å². The quantitative estimate of drug-likeness (QED) is 0.783. The van der Waals surface area contributed by atoms with Crippen molar-refractivity contribution in [3.05, 3.63) is 17.0 Å². The van der Waals surface area contributed by atoms with Crippen molar-refractivity contribution in [1.29, 1.82) is 0 Å². The molecule has 0 bridgehead atoms. The molecule has 26 heavy (non-hydrogen) atoms. The van der Waals surface area contributed by atoms with E-state index in [0.717, 1.165) is 41.9 Å². The highest BCUT2D eigenvalue weighted by atomic mass is 32.2. The number of amides is 2. The van der Waals surface area contributed by atoms with Crippen LogP contribution >= 0.6 is 11.3 Å². The lowest BCUT2D eigenvalue weighted by atomic mass is 10.1. The van der Waals surface area contributed by atoms with Crippen LogP contribution in [0.15, 0.2) is 16.3 Å². The number of hydrogen-bond donors (Lipinski definition) is 1. The van der Waals surface area contributed by atoms with Gasteiger partial charge in [-0.25, -0.2) is 12.7 Å². The van der Waals surface area contributed by atoms with Crippen molar-refractivity contribution in [1.82, 2.24) is 14.5 Å². The molecule has 1 aliphatic heterocycles. The third-order valence-electron chi connectivity index (χ3n) is 5.10. The van der Waals surface area contributed by atoms with Gasteiger partial charge in [-0.3, -0.25) is 9.59 Å². The van der Waals surface area contributed by atoms with Crippen LogP contribution in [0.3, 0.4) is 0 Å². The molecule has 1 unspecified atom stereocenters. The Morgan fingerprint density at radius 1 is 1.31 bits per heavy atom. The van der Waals surface area contributed by atoms with Crippen LogP contribution in [-0.2, 0) is 26.2 Å². The lowest BCUT2D eigenvalue weighted by molar-refractivity contribution is -0.130. The molecule has 2 aliphatic rings. The largest absolute Gasteiger partial charge is 0.351 e. The smallest absolute Gasteiger partial charge is 0.252 e. The minimum atomic E-state index is -3.45. The van der Waals surface area contributed by atoms with E-state index in [1.807, 2.05) is 4.90 Å². The molecule has 7 nitrogen and oxygen atoms in total. The molecule has 1 atom stereocenters. The van der Waals surface area contributed by atoms with Crippen molar-refractivity contribution in [2.24, 2.45) is 5.92 Å². The van der Waals surface area contributed by atoms with Gasteiger partial charge in [0.2, 0.25) is 11.8 Å². The second-order valence-electron chi connectivity index (χ2n) is 7.11. The van der Waals surface area contributed by atoms with E-state index in [2.05, 4.69) is 5.32 Å². The third-order valence-corrected chi connectivity index (χ3v) is 8.47. The number of nitrogens with zero attached hydrogens (tertiary/aromatic N) is 2. The average Bonchev–Trinajstić information content (AvgIpc) is 3.32. The fourth-order valence-electron chi connectivity index (χ4n) is 3.57. The first kappa shape index (κ1) is 19.3. The summed E-state index contributed by atoms with van der Waals surface area (Å²) in [5, 5.41) is 2.85. The van der Waals surface area contributed by atoms with Crippen LogP contribution in [0.4, 0.5) is 0 Å². The SMILES string of the molecule is CN(C)S(=O)(=O)c1ccc(CNC(=O)C2CC(=O)N(C3CCCC3)C2)s1. The van der Waals surface area contributed by atoms with Gasteiger partial charge in [-0.05, 0) is 25.0 Å². The van der Waals surface area contributed by atoms with Crippen LogP contribution in [0.1, 0.15) is 37.0 Å². The van der Waals surface area contributed by atoms with Gasteiger partial charge in [0.25, 0.3) is 10.0 Å². The molecule has 1 N–H and O–H groups in total. The molecule has 1 saturated heterocycles. The molecule has 3 rings (SSSR count). The van der Waals surface area contributed by atoms with Crippen molar-refractivity contribution in [3.63, 3.8) is 0 Å². The van der Waals surface area contributed by atoms with Crippen LogP contribution in [-0.4, -0.2) is 56.1 Å². The predicted molar refractivity (Wildman–Crippen MR) is 99.1 cm³/mol. The minimum absolute atomic E-state index is 0.0764. The molecule has 2 fully saturated rings. The second kappa shape index (κ2) is 7.66. The zero-order valence-electron chi connectivity index (χ0n) is 15.1. The van der Waals surface area contributed by atoms with E-state index in [-0.39, 0.29) is 34.9 Å². The van der Waals surface area contributed by atoms with E-state index < -0.39 is 10.0 Å². The number of thiophene rings is 1. The Labute approximate surface area is 158 Å². The van der Waals surface area contributed by atoms with E-state index in [1.54, 1.807) is 12.1 Å². The Hall–Kier alpha value is -1.45. The Morgan fingerprint density at radius 2 is 2.00 bits per heavy atom. The Balaban J connectivity index is 1.55. The van der Waals surface area contributed by atoms with Crippen LogP contribution in [0.5, 0.6) is 0 Å². The number of nitrogens with one attached hydrogen (secondary N) is 1. The van der Waals surface area contributed by atoms with Crippen LogP contribution in [0, 0.1) is 5.92 Å². The number of carbonyl (C=O) groups is 2. The standard InChI is InChI=1S/C17H25N3O4S2/c1-19(2)26(23,24)16-8-7-14(25-16)10-18-17(22)12-9-15(21)20(11-12)13-5-3-4-6-13/h7-8,12-13H,3-6,9-11H2,1-2H3,(H,18,22). The van der Waals surface area contributed by atoms with E-state index in [0.29, 0.717) is 12.6 Å². The molecule has 1 aliphatic carbocycles. The summed E-state index contributed by atoms with van der Waals surface area (Å²) in [4.78, 5) is 27.3. The molecular weight excluding hydrogens is 374 g/mol. The normalized spacial score (nSPS) is 21.7. The second-order valence-corrected chi connectivity index (χ2v) is 10.7. The zero-order chi connectivity index (χ0) is 18.9. The van der Waals surface area contributed by atoms with Crippen molar-refractivity contribution in [2.75, 3.05) is 20.6 Å². The number of rotatable bonds is 6. The molecule has 0 radical (unpaired) electrons. The fourth-order valence-corrected chi connectivity index (χ4v) is 6.03.